The molecule has 0 heterocycles. The van der Waals surface area contributed by atoms with E-state index in [0.29, 0.717) is 10.6 Å². The summed E-state index contributed by atoms with van der Waals surface area (Å²) in [4.78, 5) is 33.2. The molecular weight excluding hydrogens is 306 g/mol. The number of hydrazine groups is 1. The third-order valence-electron chi connectivity index (χ3n) is 2.46. The summed E-state index contributed by atoms with van der Waals surface area (Å²) in [6.07, 6.45) is -0.908. The van der Waals surface area contributed by atoms with Crippen LogP contribution in [0.4, 0.5) is 10.5 Å². The van der Waals surface area contributed by atoms with E-state index in [1.54, 1.807) is 20.8 Å². The van der Waals surface area contributed by atoms with Crippen molar-refractivity contribution in [2.45, 2.75) is 33.0 Å². The van der Waals surface area contributed by atoms with Crippen LogP contribution in [0.1, 0.15) is 26.3 Å². The van der Waals surface area contributed by atoms with E-state index in [9.17, 15) is 19.7 Å². The second-order valence-electron chi connectivity index (χ2n) is 5.69. The number of hydrogen-bond acceptors (Lipinski definition) is 7. The number of nitrogens with zero attached hydrogens (tertiary/aromatic N) is 2. The number of amides is 1. The monoisotopic (exact) mass is 325 g/mol. The van der Waals surface area contributed by atoms with E-state index in [1.165, 1.54) is 24.3 Å². The maximum absolute atomic E-state index is 11.7. The summed E-state index contributed by atoms with van der Waals surface area (Å²) in [7, 11) is 0. The molecule has 0 spiro atoms. The molecule has 0 aliphatic carbocycles. The molecule has 0 aromatic heterocycles. The van der Waals surface area contributed by atoms with Crippen LogP contribution in [-0.4, -0.2) is 34.1 Å². The molecule has 126 valence electrons. The largest absolute Gasteiger partial charge is 0.459 e. The number of nitrogens with two attached hydrogens (primary N) is 1. The maximum Gasteiger partial charge on any atom is 0.424 e. The summed E-state index contributed by atoms with van der Waals surface area (Å²) in [5.74, 6) is 4.77. The van der Waals surface area contributed by atoms with Gasteiger partial charge in [-0.25, -0.2) is 15.6 Å². The average molecular weight is 325 g/mol. The summed E-state index contributed by atoms with van der Waals surface area (Å²) in [5, 5.41) is 11.1. The van der Waals surface area contributed by atoms with Crippen molar-refractivity contribution in [3.05, 3.63) is 39.9 Å². The molecule has 0 bridgehead atoms. The molecule has 9 nitrogen and oxygen atoms in total. The Morgan fingerprint density at radius 2 is 1.83 bits per heavy atom. The first-order valence-electron chi connectivity index (χ1n) is 6.72. The molecule has 0 fully saturated rings. The van der Waals surface area contributed by atoms with Crippen LogP contribution in [0.3, 0.4) is 0 Å². The lowest BCUT2D eigenvalue weighted by Crippen LogP contribution is -2.43. The van der Waals surface area contributed by atoms with E-state index in [2.05, 4.69) is 0 Å². The van der Waals surface area contributed by atoms with Crippen LogP contribution in [0, 0.1) is 10.1 Å². The number of rotatable bonds is 5. The van der Waals surface area contributed by atoms with Gasteiger partial charge in [0.25, 0.3) is 5.69 Å². The lowest BCUT2D eigenvalue weighted by atomic mass is 10.2. The minimum Gasteiger partial charge on any atom is -0.459 e. The van der Waals surface area contributed by atoms with Gasteiger partial charge in [0.2, 0.25) is 0 Å². The van der Waals surface area contributed by atoms with Gasteiger partial charge in [-0.2, -0.15) is 0 Å². The van der Waals surface area contributed by atoms with Gasteiger partial charge in [0.1, 0.15) is 18.8 Å². The van der Waals surface area contributed by atoms with Crippen molar-refractivity contribution >= 4 is 17.7 Å². The zero-order valence-corrected chi connectivity index (χ0v) is 13.1. The Morgan fingerprint density at radius 1 is 1.26 bits per heavy atom. The Hall–Kier alpha value is -2.68. The van der Waals surface area contributed by atoms with Gasteiger partial charge in [-0.05, 0) is 38.5 Å². The molecule has 0 radical (unpaired) electrons. The third kappa shape index (κ3) is 6.74. The number of benzene rings is 1. The van der Waals surface area contributed by atoms with Gasteiger partial charge in [0.15, 0.2) is 0 Å². The Labute approximate surface area is 133 Å². The van der Waals surface area contributed by atoms with Crippen molar-refractivity contribution in [3.63, 3.8) is 0 Å². The summed E-state index contributed by atoms with van der Waals surface area (Å²) in [6, 6.07) is 5.51. The molecule has 23 heavy (non-hydrogen) atoms. The van der Waals surface area contributed by atoms with Crippen molar-refractivity contribution in [1.29, 1.82) is 0 Å². The first-order chi connectivity index (χ1) is 10.6. The molecule has 2 N–H and O–H groups in total. The lowest BCUT2D eigenvalue weighted by molar-refractivity contribution is -0.384. The smallest absolute Gasteiger partial charge is 0.424 e. The van der Waals surface area contributed by atoms with E-state index in [4.69, 9.17) is 15.3 Å². The van der Waals surface area contributed by atoms with Gasteiger partial charge in [0.05, 0.1) is 4.92 Å². The molecule has 1 rings (SSSR count). The second-order valence-corrected chi connectivity index (χ2v) is 5.69. The first kappa shape index (κ1) is 18.4. The minimum absolute atomic E-state index is 0.0644. The fourth-order valence-electron chi connectivity index (χ4n) is 1.52. The highest BCUT2D eigenvalue weighted by Gasteiger charge is 2.21. The Kier molecular flexibility index (Phi) is 6.02. The van der Waals surface area contributed by atoms with Gasteiger partial charge in [-0.15, -0.1) is 0 Å². The van der Waals surface area contributed by atoms with E-state index in [0.717, 1.165) is 0 Å². The molecule has 1 aromatic carbocycles. The van der Waals surface area contributed by atoms with Gasteiger partial charge >= 0.3 is 12.1 Å². The molecule has 1 amide bonds. The number of esters is 1. The van der Waals surface area contributed by atoms with E-state index < -0.39 is 29.1 Å². The Morgan fingerprint density at radius 3 is 2.30 bits per heavy atom. The van der Waals surface area contributed by atoms with Crippen molar-refractivity contribution in [2.24, 2.45) is 5.84 Å². The van der Waals surface area contributed by atoms with Gasteiger partial charge in [-0.1, -0.05) is 0 Å². The molecule has 0 atom stereocenters. The predicted molar refractivity (Wildman–Crippen MR) is 80.0 cm³/mol. The highest BCUT2D eigenvalue weighted by molar-refractivity contribution is 5.77. The summed E-state index contributed by atoms with van der Waals surface area (Å²) >= 11 is 0. The molecule has 0 saturated carbocycles. The molecule has 0 saturated heterocycles. The van der Waals surface area contributed by atoms with Crippen molar-refractivity contribution in [2.75, 3.05) is 6.54 Å². The van der Waals surface area contributed by atoms with E-state index >= 15 is 0 Å². The molecule has 0 aliphatic heterocycles. The third-order valence-corrected chi connectivity index (χ3v) is 2.46. The zero-order chi connectivity index (χ0) is 17.6. The van der Waals surface area contributed by atoms with E-state index in [1.807, 2.05) is 0 Å². The summed E-state index contributed by atoms with van der Waals surface area (Å²) < 4.78 is 9.93. The quantitative estimate of drug-likeness (QED) is 0.287. The van der Waals surface area contributed by atoms with Crippen LogP contribution in [-0.2, 0) is 20.9 Å². The van der Waals surface area contributed by atoms with Crippen LogP contribution in [0.2, 0.25) is 0 Å². The molecule has 9 heteroatoms. The van der Waals surface area contributed by atoms with Crippen LogP contribution < -0.4 is 5.84 Å². The van der Waals surface area contributed by atoms with Crippen molar-refractivity contribution in [1.82, 2.24) is 5.01 Å². The Balaban J connectivity index is 2.46. The van der Waals surface area contributed by atoms with Crippen LogP contribution >= 0.6 is 0 Å². The maximum atomic E-state index is 11.7. The lowest BCUT2D eigenvalue weighted by Gasteiger charge is -2.22. The standard InChI is InChI=1S/C14H19N3O6/c1-14(2,3)23-12(18)8-16(15)13(19)22-9-10-4-6-11(7-5-10)17(20)21/h4-7H,8-9,15H2,1-3H3. The predicted octanol–water partition coefficient (Wildman–Crippen LogP) is 1.75. The minimum atomic E-state index is -0.908. The van der Waals surface area contributed by atoms with E-state index in [-0.39, 0.29) is 12.3 Å². The van der Waals surface area contributed by atoms with Crippen LogP contribution in [0.15, 0.2) is 24.3 Å². The number of ether oxygens (including phenoxy) is 2. The number of nitro groups is 1. The number of hydrogen-bond donors (Lipinski definition) is 1. The number of nitro benzene ring substituents is 1. The molecule has 0 aliphatic rings. The summed E-state index contributed by atoms with van der Waals surface area (Å²) in [5.41, 5.74) is -0.194. The average Bonchev–Trinajstić information content (AvgIpc) is 2.42. The molecular formula is C14H19N3O6. The number of carbonyl (C=O) groups is 2. The highest BCUT2D eigenvalue weighted by Crippen LogP contribution is 2.13. The van der Waals surface area contributed by atoms with Gasteiger partial charge in [-0.3, -0.25) is 14.9 Å². The normalized spacial score (nSPS) is 10.8. The van der Waals surface area contributed by atoms with Crippen LogP contribution in [0.25, 0.3) is 0 Å². The SMILES string of the molecule is CC(C)(C)OC(=O)CN(N)C(=O)OCc1ccc([N+](=O)[O-])cc1. The van der Waals surface area contributed by atoms with Crippen LogP contribution in [0.5, 0.6) is 0 Å². The molecule has 1 aromatic rings. The van der Waals surface area contributed by atoms with Crippen molar-refractivity contribution in [3.8, 4) is 0 Å². The number of carbonyl (C=O) groups excluding carboxylic acids is 2. The highest BCUT2D eigenvalue weighted by atomic mass is 16.6. The first-order valence-corrected chi connectivity index (χ1v) is 6.72. The summed E-state index contributed by atoms with van der Waals surface area (Å²) in [6.45, 7) is 4.51. The fourth-order valence-corrected chi connectivity index (χ4v) is 1.52. The topological polar surface area (TPSA) is 125 Å². The zero-order valence-electron chi connectivity index (χ0n) is 13.1. The Bertz CT molecular complexity index is 579. The van der Waals surface area contributed by atoms with Crippen molar-refractivity contribution < 1.29 is 24.0 Å². The van der Waals surface area contributed by atoms with Gasteiger partial charge < -0.3 is 9.47 Å². The fraction of sp³-hybridized carbons (Fsp3) is 0.429. The number of non-ortho nitro benzene ring substituents is 1. The van der Waals surface area contributed by atoms with Gasteiger partial charge in [0, 0.05) is 12.1 Å². The molecule has 0 unspecified atom stereocenters. The second kappa shape index (κ2) is 7.54.